The van der Waals surface area contributed by atoms with Gasteiger partial charge >= 0.3 is 5.97 Å². The highest BCUT2D eigenvalue weighted by Gasteiger charge is 2.39. The first kappa shape index (κ1) is 17.5. The van der Waals surface area contributed by atoms with Crippen LogP contribution in [-0.2, 0) is 19.1 Å². The number of carbonyl (C=O) groups is 2. The average molecular weight is 338 g/mol. The summed E-state index contributed by atoms with van der Waals surface area (Å²) in [4.78, 5) is 24.3. The van der Waals surface area contributed by atoms with Gasteiger partial charge < -0.3 is 14.8 Å². The summed E-state index contributed by atoms with van der Waals surface area (Å²) in [7, 11) is 0. The van der Waals surface area contributed by atoms with Crippen molar-refractivity contribution in [3.8, 4) is 0 Å². The normalized spacial score (nSPS) is 21.0. The summed E-state index contributed by atoms with van der Waals surface area (Å²) in [6.45, 7) is 6.76. The highest BCUT2D eigenvalue weighted by molar-refractivity contribution is 6.30. The van der Waals surface area contributed by atoms with Gasteiger partial charge in [-0.2, -0.15) is 0 Å². The molecule has 23 heavy (non-hydrogen) atoms. The lowest BCUT2D eigenvalue weighted by Crippen LogP contribution is -2.41. The Labute approximate surface area is 140 Å². The molecule has 1 aliphatic heterocycles. The van der Waals surface area contributed by atoms with Crippen LogP contribution in [0, 0.1) is 5.92 Å². The number of halogens is 1. The van der Waals surface area contributed by atoms with Crippen LogP contribution in [0.1, 0.15) is 24.8 Å². The maximum absolute atomic E-state index is 12.4. The highest BCUT2D eigenvalue weighted by atomic mass is 35.5. The molecular formula is C17H20ClNO4. The predicted molar refractivity (Wildman–Crippen MR) is 87.0 cm³/mol. The van der Waals surface area contributed by atoms with Crippen molar-refractivity contribution in [2.75, 3.05) is 19.8 Å². The molecule has 1 heterocycles. The van der Waals surface area contributed by atoms with E-state index in [1.165, 1.54) is 0 Å². The van der Waals surface area contributed by atoms with Crippen LogP contribution in [0.4, 0.5) is 0 Å². The van der Waals surface area contributed by atoms with Crippen LogP contribution in [0.2, 0.25) is 5.02 Å². The van der Waals surface area contributed by atoms with Crippen LogP contribution in [0.3, 0.4) is 0 Å². The molecule has 0 aliphatic carbocycles. The van der Waals surface area contributed by atoms with Crippen molar-refractivity contribution in [3.05, 3.63) is 47.1 Å². The Kier molecular flexibility index (Phi) is 6.19. The number of benzene rings is 1. The summed E-state index contributed by atoms with van der Waals surface area (Å²) in [5.74, 6) is -1.56. The number of esters is 1. The van der Waals surface area contributed by atoms with Crippen molar-refractivity contribution in [2.45, 2.75) is 19.3 Å². The zero-order valence-corrected chi connectivity index (χ0v) is 13.8. The van der Waals surface area contributed by atoms with E-state index in [2.05, 4.69) is 11.9 Å². The quantitative estimate of drug-likeness (QED) is 0.640. The number of hydrogen-bond donors (Lipinski definition) is 1. The molecule has 0 aromatic heterocycles. The molecule has 2 atom stereocenters. The van der Waals surface area contributed by atoms with E-state index in [0.717, 1.165) is 5.56 Å². The van der Waals surface area contributed by atoms with Gasteiger partial charge in [0.25, 0.3) is 0 Å². The smallest absolute Gasteiger partial charge is 0.315 e. The molecule has 0 radical (unpaired) electrons. The minimum absolute atomic E-state index is 0.168. The van der Waals surface area contributed by atoms with Gasteiger partial charge in [0.2, 0.25) is 5.91 Å². The standard InChI is InChI=1S/C17H20ClNO4/c1-3-22-7-8-23-17(21)16-11(2)19-15(20)10-14(16)12-5-4-6-13(18)9-12/h4-6,9,14,16H,2-3,7-8,10H2,1H3,(H,19,20)/t14-,16+/m0/s1. The highest BCUT2D eigenvalue weighted by Crippen LogP contribution is 2.36. The molecule has 0 unspecified atom stereocenters. The number of amides is 1. The van der Waals surface area contributed by atoms with Crippen LogP contribution in [0.25, 0.3) is 0 Å². The fraction of sp³-hybridized carbons (Fsp3) is 0.412. The SMILES string of the molecule is C=C1NC(=O)C[C@@H](c2cccc(Cl)c2)[C@@H]1C(=O)OCCOCC. The first-order valence-corrected chi connectivity index (χ1v) is 7.89. The zero-order chi connectivity index (χ0) is 16.8. The van der Waals surface area contributed by atoms with Crippen molar-refractivity contribution in [1.82, 2.24) is 5.32 Å². The van der Waals surface area contributed by atoms with Crippen LogP contribution in [0.5, 0.6) is 0 Å². The van der Waals surface area contributed by atoms with E-state index in [-0.39, 0.29) is 24.9 Å². The second-order valence-corrected chi connectivity index (χ2v) is 5.72. The molecule has 0 bridgehead atoms. The van der Waals surface area contributed by atoms with Gasteiger partial charge in [-0.3, -0.25) is 9.59 Å². The van der Waals surface area contributed by atoms with Crippen LogP contribution in [-0.4, -0.2) is 31.7 Å². The van der Waals surface area contributed by atoms with Crippen LogP contribution < -0.4 is 5.32 Å². The van der Waals surface area contributed by atoms with Gasteiger partial charge in [-0.25, -0.2) is 0 Å². The van der Waals surface area contributed by atoms with Gasteiger partial charge in [0.05, 0.1) is 6.61 Å². The van der Waals surface area contributed by atoms with E-state index in [4.69, 9.17) is 21.1 Å². The molecule has 6 heteroatoms. The summed E-state index contributed by atoms with van der Waals surface area (Å²) in [5, 5.41) is 3.19. The van der Waals surface area contributed by atoms with Crippen molar-refractivity contribution in [2.24, 2.45) is 5.92 Å². The van der Waals surface area contributed by atoms with Gasteiger partial charge in [-0.15, -0.1) is 0 Å². The Morgan fingerprint density at radius 1 is 1.43 bits per heavy atom. The van der Waals surface area contributed by atoms with E-state index in [1.54, 1.807) is 18.2 Å². The minimum atomic E-state index is -0.632. The zero-order valence-electron chi connectivity index (χ0n) is 13.0. The Balaban J connectivity index is 2.16. The molecule has 1 amide bonds. The van der Waals surface area contributed by atoms with E-state index >= 15 is 0 Å². The lowest BCUT2D eigenvalue weighted by Gasteiger charge is -2.32. The van der Waals surface area contributed by atoms with Crippen LogP contribution >= 0.6 is 11.6 Å². The fourth-order valence-corrected chi connectivity index (χ4v) is 2.86. The first-order valence-electron chi connectivity index (χ1n) is 7.51. The Morgan fingerprint density at radius 2 is 2.22 bits per heavy atom. The average Bonchev–Trinajstić information content (AvgIpc) is 2.50. The Hall–Kier alpha value is -1.85. The Bertz CT molecular complexity index is 602. The molecule has 1 aliphatic rings. The van der Waals surface area contributed by atoms with Crippen molar-refractivity contribution >= 4 is 23.5 Å². The predicted octanol–water partition coefficient (Wildman–Crippen LogP) is 2.65. The largest absolute Gasteiger partial charge is 0.463 e. The molecule has 124 valence electrons. The minimum Gasteiger partial charge on any atom is -0.463 e. The molecule has 5 nitrogen and oxygen atoms in total. The van der Waals surface area contributed by atoms with Crippen molar-refractivity contribution in [1.29, 1.82) is 0 Å². The monoisotopic (exact) mass is 337 g/mol. The maximum Gasteiger partial charge on any atom is 0.315 e. The lowest BCUT2D eigenvalue weighted by molar-refractivity contribution is -0.150. The summed E-state index contributed by atoms with van der Waals surface area (Å²) in [5.41, 5.74) is 1.17. The van der Waals surface area contributed by atoms with Crippen molar-refractivity contribution in [3.63, 3.8) is 0 Å². The number of carbonyl (C=O) groups excluding carboxylic acids is 2. The number of piperidine rings is 1. The van der Waals surface area contributed by atoms with E-state index < -0.39 is 11.9 Å². The second-order valence-electron chi connectivity index (χ2n) is 5.28. The summed E-state index contributed by atoms with van der Waals surface area (Å²) < 4.78 is 10.4. The molecule has 0 saturated carbocycles. The van der Waals surface area contributed by atoms with Gasteiger partial charge in [0.15, 0.2) is 0 Å². The van der Waals surface area contributed by atoms with Gasteiger partial charge in [0.1, 0.15) is 12.5 Å². The van der Waals surface area contributed by atoms with Crippen LogP contribution in [0.15, 0.2) is 36.5 Å². The topological polar surface area (TPSA) is 64.6 Å². The number of hydrogen-bond acceptors (Lipinski definition) is 4. The molecule has 1 fully saturated rings. The maximum atomic E-state index is 12.4. The van der Waals surface area contributed by atoms with Gasteiger partial charge in [-0.05, 0) is 24.6 Å². The fourth-order valence-electron chi connectivity index (χ4n) is 2.66. The molecule has 1 saturated heterocycles. The van der Waals surface area contributed by atoms with E-state index in [0.29, 0.717) is 23.9 Å². The Morgan fingerprint density at radius 3 is 2.91 bits per heavy atom. The lowest BCUT2D eigenvalue weighted by atomic mass is 9.79. The van der Waals surface area contributed by atoms with E-state index in [9.17, 15) is 9.59 Å². The third-order valence-electron chi connectivity index (χ3n) is 3.69. The number of rotatable bonds is 6. The van der Waals surface area contributed by atoms with Gasteiger partial charge in [-0.1, -0.05) is 30.3 Å². The molecular weight excluding hydrogens is 318 g/mol. The van der Waals surface area contributed by atoms with E-state index in [1.807, 2.05) is 13.0 Å². The summed E-state index contributed by atoms with van der Waals surface area (Å²) in [6.07, 6.45) is 0.185. The molecule has 1 N–H and O–H groups in total. The third-order valence-corrected chi connectivity index (χ3v) is 3.93. The van der Waals surface area contributed by atoms with Gasteiger partial charge in [0, 0.05) is 29.7 Å². The third kappa shape index (κ3) is 4.56. The van der Waals surface area contributed by atoms with Crippen molar-refractivity contribution < 1.29 is 19.1 Å². The molecule has 0 spiro atoms. The number of nitrogens with one attached hydrogen (secondary N) is 1. The number of ether oxygens (including phenoxy) is 2. The first-order chi connectivity index (χ1) is 11.0. The summed E-state index contributed by atoms with van der Waals surface area (Å²) >= 11 is 6.03. The summed E-state index contributed by atoms with van der Waals surface area (Å²) in [6, 6.07) is 7.16. The molecule has 2 rings (SSSR count). The molecule has 1 aromatic rings. The second kappa shape index (κ2) is 8.13. The molecule has 1 aromatic carbocycles.